The van der Waals surface area contributed by atoms with Crippen LogP contribution >= 0.6 is 0 Å². The van der Waals surface area contributed by atoms with Gasteiger partial charge in [0.15, 0.2) is 6.61 Å². The van der Waals surface area contributed by atoms with Crippen LogP contribution in [-0.4, -0.2) is 23.0 Å². The first-order valence-corrected chi connectivity index (χ1v) is 9.55. The predicted molar refractivity (Wildman–Crippen MR) is 113 cm³/mol. The Labute approximate surface area is 169 Å². The lowest BCUT2D eigenvalue weighted by Crippen LogP contribution is -2.25. The molecule has 2 heterocycles. The van der Waals surface area contributed by atoms with E-state index < -0.39 is 0 Å². The third-order valence-corrected chi connectivity index (χ3v) is 5.27. The van der Waals surface area contributed by atoms with Gasteiger partial charge in [-0.3, -0.25) is 9.59 Å². The van der Waals surface area contributed by atoms with Gasteiger partial charge in [0, 0.05) is 17.1 Å². The number of amides is 2. The lowest BCUT2D eigenvalue weighted by atomic mass is 10.1. The summed E-state index contributed by atoms with van der Waals surface area (Å²) in [6.45, 7) is 6.10. The highest BCUT2D eigenvalue weighted by atomic mass is 16.5. The molecule has 6 nitrogen and oxygen atoms in total. The van der Waals surface area contributed by atoms with Crippen LogP contribution in [0.25, 0.3) is 0 Å². The molecule has 1 aromatic heterocycles. The van der Waals surface area contributed by atoms with Crippen molar-refractivity contribution in [2.45, 2.75) is 26.8 Å². The van der Waals surface area contributed by atoms with Gasteiger partial charge in [0.1, 0.15) is 5.75 Å². The fourth-order valence-electron chi connectivity index (χ4n) is 3.84. The van der Waals surface area contributed by atoms with Crippen LogP contribution in [0.1, 0.15) is 40.3 Å². The summed E-state index contributed by atoms with van der Waals surface area (Å²) in [6.07, 6.45) is 0. The van der Waals surface area contributed by atoms with E-state index >= 15 is 0 Å². The average molecular weight is 389 g/mol. The fraction of sp³-hybridized carbons (Fsp3) is 0.217. The number of carbonyl (C=O) groups is 2. The summed E-state index contributed by atoms with van der Waals surface area (Å²) in [5.41, 5.74) is 4.90. The molecule has 0 fully saturated rings. The van der Waals surface area contributed by atoms with Crippen molar-refractivity contribution < 1.29 is 14.3 Å². The average Bonchev–Trinajstić information content (AvgIpc) is 3.02. The molecule has 2 aromatic carbocycles. The fourth-order valence-corrected chi connectivity index (χ4v) is 3.84. The highest BCUT2D eigenvalue weighted by Crippen LogP contribution is 2.31. The molecule has 1 aliphatic rings. The van der Waals surface area contributed by atoms with Crippen molar-refractivity contribution in [3.8, 4) is 5.75 Å². The van der Waals surface area contributed by atoms with Crippen molar-refractivity contribution in [2.75, 3.05) is 17.2 Å². The molecular weight excluding hydrogens is 366 g/mol. The smallest absolute Gasteiger partial charge is 0.262 e. The first kappa shape index (κ1) is 18.8. The number of hydrogen-bond acceptors (Lipinski definition) is 3. The van der Waals surface area contributed by atoms with E-state index in [2.05, 4.69) is 34.3 Å². The van der Waals surface area contributed by atoms with Gasteiger partial charge >= 0.3 is 0 Å². The first-order chi connectivity index (χ1) is 13.9. The van der Waals surface area contributed by atoms with Gasteiger partial charge in [-0.1, -0.05) is 30.3 Å². The number of ether oxygens (including phenoxy) is 1. The third-order valence-electron chi connectivity index (χ3n) is 5.27. The van der Waals surface area contributed by atoms with Gasteiger partial charge in [-0.05, 0) is 50.6 Å². The van der Waals surface area contributed by atoms with Crippen molar-refractivity contribution in [1.82, 2.24) is 4.57 Å². The molecule has 0 aliphatic carbocycles. The number of hydrogen-bond donors (Lipinski definition) is 2. The van der Waals surface area contributed by atoms with E-state index in [1.165, 1.54) is 5.56 Å². The molecule has 1 atom stereocenters. The van der Waals surface area contributed by atoms with Gasteiger partial charge in [0.2, 0.25) is 0 Å². The van der Waals surface area contributed by atoms with Crippen LogP contribution in [0, 0.1) is 13.8 Å². The zero-order chi connectivity index (χ0) is 20.5. The molecule has 148 valence electrons. The van der Waals surface area contributed by atoms with Gasteiger partial charge in [-0.25, -0.2) is 0 Å². The molecule has 2 amide bonds. The molecule has 0 radical (unpaired) electrons. The maximum Gasteiger partial charge on any atom is 0.262 e. The largest absolute Gasteiger partial charge is 0.482 e. The second-order valence-electron chi connectivity index (χ2n) is 7.24. The number of benzene rings is 2. The number of fused-ring (bicyclic) bond motifs is 1. The molecule has 0 bridgehead atoms. The molecule has 0 saturated heterocycles. The number of rotatable bonds is 4. The number of nitrogens with one attached hydrogen (secondary N) is 2. The summed E-state index contributed by atoms with van der Waals surface area (Å²) in [4.78, 5) is 24.5. The van der Waals surface area contributed by atoms with Crippen LogP contribution in [0.15, 0.2) is 54.6 Å². The van der Waals surface area contributed by atoms with E-state index in [9.17, 15) is 9.59 Å². The van der Waals surface area contributed by atoms with Crippen molar-refractivity contribution in [3.05, 3.63) is 77.1 Å². The monoisotopic (exact) mass is 389 g/mol. The minimum atomic E-state index is -0.209. The number of aromatic nitrogens is 1. The summed E-state index contributed by atoms with van der Waals surface area (Å²) in [6, 6.07) is 17.5. The quantitative estimate of drug-likeness (QED) is 0.699. The Hall–Kier alpha value is -3.54. The first-order valence-electron chi connectivity index (χ1n) is 9.55. The SMILES string of the molecule is Cc1cc(C(=O)Nc2ccc3c(c2)NC(=O)CO3)c(C)n1C(C)c1ccccc1. The summed E-state index contributed by atoms with van der Waals surface area (Å²) < 4.78 is 7.53. The highest BCUT2D eigenvalue weighted by Gasteiger charge is 2.21. The van der Waals surface area contributed by atoms with Crippen LogP contribution in [0.4, 0.5) is 11.4 Å². The summed E-state index contributed by atoms with van der Waals surface area (Å²) >= 11 is 0. The number of carbonyl (C=O) groups excluding carboxylic acids is 2. The van der Waals surface area contributed by atoms with Crippen molar-refractivity contribution in [1.29, 1.82) is 0 Å². The second-order valence-corrected chi connectivity index (χ2v) is 7.24. The Kier molecular flexibility index (Phi) is 4.84. The Morgan fingerprint density at radius 1 is 1.14 bits per heavy atom. The Bertz CT molecular complexity index is 1090. The van der Waals surface area contributed by atoms with E-state index in [4.69, 9.17) is 4.74 Å². The summed E-state index contributed by atoms with van der Waals surface area (Å²) in [5, 5.41) is 5.68. The van der Waals surface area contributed by atoms with Gasteiger partial charge in [-0.2, -0.15) is 0 Å². The third kappa shape index (κ3) is 3.61. The Morgan fingerprint density at radius 3 is 2.66 bits per heavy atom. The van der Waals surface area contributed by atoms with E-state index in [-0.39, 0.29) is 24.5 Å². The van der Waals surface area contributed by atoms with Crippen LogP contribution in [-0.2, 0) is 4.79 Å². The zero-order valence-corrected chi connectivity index (χ0v) is 16.7. The topological polar surface area (TPSA) is 72.4 Å². The van der Waals surface area contributed by atoms with E-state index in [1.807, 2.05) is 38.1 Å². The lowest BCUT2D eigenvalue weighted by molar-refractivity contribution is -0.118. The Morgan fingerprint density at radius 2 is 1.90 bits per heavy atom. The molecule has 4 rings (SSSR count). The normalized spacial score (nSPS) is 13.8. The van der Waals surface area contributed by atoms with Crippen molar-refractivity contribution in [3.63, 3.8) is 0 Å². The molecule has 1 unspecified atom stereocenters. The van der Waals surface area contributed by atoms with Crippen LogP contribution in [0.5, 0.6) is 5.75 Å². The van der Waals surface area contributed by atoms with E-state index in [0.717, 1.165) is 11.4 Å². The maximum atomic E-state index is 12.9. The molecule has 29 heavy (non-hydrogen) atoms. The maximum absolute atomic E-state index is 12.9. The molecular formula is C23H23N3O3. The second kappa shape index (κ2) is 7.47. The van der Waals surface area contributed by atoms with E-state index in [0.29, 0.717) is 22.7 Å². The van der Waals surface area contributed by atoms with Gasteiger partial charge in [-0.15, -0.1) is 0 Å². The summed E-state index contributed by atoms with van der Waals surface area (Å²) in [5.74, 6) is 0.199. The Balaban J connectivity index is 1.59. The van der Waals surface area contributed by atoms with Crippen LogP contribution < -0.4 is 15.4 Å². The minimum Gasteiger partial charge on any atom is -0.482 e. The standard InChI is InChI=1S/C23H23N3O3/c1-14-11-19(16(3)26(14)15(2)17-7-5-4-6-8-17)23(28)24-18-9-10-21-20(12-18)25-22(27)13-29-21/h4-12,15H,13H2,1-3H3,(H,24,28)(H,25,27). The minimum absolute atomic E-state index is 0.00426. The van der Waals surface area contributed by atoms with Gasteiger partial charge in [0.25, 0.3) is 11.8 Å². The number of anilines is 2. The van der Waals surface area contributed by atoms with Crippen LogP contribution in [0.3, 0.4) is 0 Å². The molecule has 0 spiro atoms. The van der Waals surface area contributed by atoms with Gasteiger partial charge < -0.3 is 19.9 Å². The highest BCUT2D eigenvalue weighted by molar-refractivity contribution is 6.06. The van der Waals surface area contributed by atoms with Crippen molar-refractivity contribution >= 4 is 23.2 Å². The molecule has 2 N–H and O–H groups in total. The molecule has 6 heteroatoms. The molecule has 0 saturated carbocycles. The van der Waals surface area contributed by atoms with E-state index in [1.54, 1.807) is 18.2 Å². The van der Waals surface area contributed by atoms with Crippen molar-refractivity contribution in [2.24, 2.45) is 0 Å². The summed E-state index contributed by atoms with van der Waals surface area (Å²) in [7, 11) is 0. The number of aryl methyl sites for hydroxylation is 1. The van der Waals surface area contributed by atoms with Gasteiger partial charge in [0.05, 0.1) is 17.3 Å². The molecule has 1 aliphatic heterocycles. The lowest BCUT2D eigenvalue weighted by Gasteiger charge is -2.19. The zero-order valence-electron chi connectivity index (χ0n) is 16.7. The molecule has 3 aromatic rings. The number of nitrogens with zero attached hydrogens (tertiary/aromatic N) is 1. The van der Waals surface area contributed by atoms with Crippen LogP contribution in [0.2, 0.25) is 0 Å². The predicted octanol–water partition coefficient (Wildman–Crippen LogP) is 4.30.